The van der Waals surface area contributed by atoms with Crippen molar-refractivity contribution >= 4 is 33.4 Å². The average molecular weight is 410 g/mol. The molecule has 1 aliphatic rings. The number of thiazole rings is 1. The first-order chi connectivity index (χ1) is 14.0. The zero-order chi connectivity index (χ0) is 20.4. The van der Waals surface area contributed by atoms with Gasteiger partial charge in [-0.1, -0.05) is 30.3 Å². The molecular formula is C22H22N2O4S. The Morgan fingerprint density at radius 2 is 1.79 bits per heavy atom. The summed E-state index contributed by atoms with van der Waals surface area (Å²) < 4.78 is 12.1. The Morgan fingerprint density at radius 1 is 1.10 bits per heavy atom. The SMILES string of the molecule is C[C@H]1CN(C(=O)COC(=O)c2ccccc2-c2nc3ccccc3s2)C[C@H](C)O1. The van der Waals surface area contributed by atoms with E-state index in [4.69, 9.17) is 9.47 Å². The predicted octanol–water partition coefficient (Wildman–Crippen LogP) is 3.76. The monoisotopic (exact) mass is 410 g/mol. The molecule has 0 aliphatic carbocycles. The Balaban J connectivity index is 1.49. The smallest absolute Gasteiger partial charge is 0.339 e. The van der Waals surface area contributed by atoms with Gasteiger partial charge in [0.05, 0.1) is 28.0 Å². The maximum absolute atomic E-state index is 12.7. The molecule has 1 amide bonds. The van der Waals surface area contributed by atoms with Crippen LogP contribution in [0.4, 0.5) is 0 Å². The van der Waals surface area contributed by atoms with Crippen LogP contribution in [0.15, 0.2) is 48.5 Å². The summed E-state index contributed by atoms with van der Waals surface area (Å²) in [6.45, 7) is 4.57. The van der Waals surface area contributed by atoms with Crippen molar-refractivity contribution in [1.82, 2.24) is 9.88 Å². The van der Waals surface area contributed by atoms with E-state index >= 15 is 0 Å². The van der Waals surface area contributed by atoms with Crippen LogP contribution >= 0.6 is 11.3 Å². The average Bonchev–Trinajstić information content (AvgIpc) is 3.15. The lowest BCUT2D eigenvalue weighted by molar-refractivity contribution is -0.146. The van der Waals surface area contributed by atoms with Gasteiger partial charge in [-0.25, -0.2) is 9.78 Å². The van der Waals surface area contributed by atoms with E-state index < -0.39 is 5.97 Å². The summed E-state index contributed by atoms with van der Waals surface area (Å²) in [5.74, 6) is -0.736. The zero-order valence-corrected chi connectivity index (χ0v) is 17.1. The number of morpholine rings is 1. The van der Waals surface area contributed by atoms with Crippen LogP contribution in [0.2, 0.25) is 0 Å². The van der Waals surface area contributed by atoms with Crippen molar-refractivity contribution in [1.29, 1.82) is 0 Å². The first-order valence-corrected chi connectivity index (χ1v) is 10.4. The van der Waals surface area contributed by atoms with Crippen LogP contribution < -0.4 is 0 Å². The van der Waals surface area contributed by atoms with Crippen molar-refractivity contribution in [2.45, 2.75) is 26.1 Å². The molecule has 1 aliphatic heterocycles. The van der Waals surface area contributed by atoms with E-state index in [9.17, 15) is 9.59 Å². The van der Waals surface area contributed by atoms with Crippen molar-refractivity contribution < 1.29 is 19.1 Å². The maximum atomic E-state index is 12.7. The Bertz CT molecular complexity index is 1000. The standard InChI is InChI=1S/C22H22N2O4S/c1-14-11-24(12-15(2)28-14)20(25)13-27-22(26)17-8-4-3-7-16(17)21-23-18-9-5-6-10-19(18)29-21/h3-10,14-15H,11-13H2,1-2H3/t14-,15-/m0/s1. The third-order valence-electron chi connectivity index (χ3n) is 4.77. The number of rotatable bonds is 4. The molecule has 0 spiro atoms. The minimum absolute atomic E-state index is 0.0295. The van der Waals surface area contributed by atoms with E-state index in [0.717, 1.165) is 15.2 Å². The number of fused-ring (bicyclic) bond motifs is 1. The lowest BCUT2D eigenvalue weighted by Gasteiger charge is -2.35. The van der Waals surface area contributed by atoms with Gasteiger partial charge >= 0.3 is 5.97 Å². The van der Waals surface area contributed by atoms with Crippen LogP contribution in [0.5, 0.6) is 0 Å². The second-order valence-electron chi connectivity index (χ2n) is 7.16. The number of carbonyl (C=O) groups excluding carboxylic acids is 2. The van der Waals surface area contributed by atoms with Gasteiger partial charge < -0.3 is 14.4 Å². The molecule has 1 aromatic heterocycles. The summed E-state index contributed by atoms with van der Waals surface area (Å²) >= 11 is 1.52. The van der Waals surface area contributed by atoms with Gasteiger partial charge in [0.25, 0.3) is 5.91 Å². The number of hydrogen-bond acceptors (Lipinski definition) is 6. The highest BCUT2D eigenvalue weighted by Crippen LogP contribution is 2.32. The molecule has 3 aromatic rings. The van der Waals surface area contributed by atoms with E-state index in [0.29, 0.717) is 24.2 Å². The minimum atomic E-state index is -0.525. The van der Waals surface area contributed by atoms with Crippen LogP contribution in [0.1, 0.15) is 24.2 Å². The molecule has 4 rings (SSSR count). The number of esters is 1. The van der Waals surface area contributed by atoms with E-state index in [1.54, 1.807) is 17.0 Å². The van der Waals surface area contributed by atoms with Gasteiger partial charge in [-0.15, -0.1) is 11.3 Å². The summed E-state index contributed by atoms with van der Waals surface area (Å²) in [6.07, 6.45) is -0.0590. The van der Waals surface area contributed by atoms with E-state index in [2.05, 4.69) is 4.98 Å². The predicted molar refractivity (Wildman–Crippen MR) is 112 cm³/mol. The number of ether oxygens (including phenoxy) is 2. The van der Waals surface area contributed by atoms with Crippen LogP contribution in [0.3, 0.4) is 0 Å². The highest BCUT2D eigenvalue weighted by molar-refractivity contribution is 7.21. The van der Waals surface area contributed by atoms with E-state index in [1.807, 2.05) is 50.2 Å². The van der Waals surface area contributed by atoms with Gasteiger partial charge in [0.1, 0.15) is 5.01 Å². The molecule has 0 radical (unpaired) electrons. The second kappa shape index (κ2) is 8.31. The van der Waals surface area contributed by atoms with Crippen molar-refractivity contribution in [3.63, 3.8) is 0 Å². The Hall–Kier alpha value is -2.77. The fourth-order valence-corrected chi connectivity index (χ4v) is 4.52. The van der Waals surface area contributed by atoms with Crippen LogP contribution in [-0.4, -0.2) is 53.7 Å². The number of benzene rings is 2. The fourth-order valence-electron chi connectivity index (χ4n) is 3.51. The van der Waals surface area contributed by atoms with Gasteiger partial charge in [-0.05, 0) is 32.0 Å². The second-order valence-corrected chi connectivity index (χ2v) is 8.20. The lowest BCUT2D eigenvalue weighted by Crippen LogP contribution is -2.49. The number of nitrogens with zero attached hydrogens (tertiary/aromatic N) is 2. The van der Waals surface area contributed by atoms with Crippen molar-refractivity contribution in [3.05, 3.63) is 54.1 Å². The Morgan fingerprint density at radius 3 is 2.55 bits per heavy atom. The quantitative estimate of drug-likeness (QED) is 0.613. The van der Waals surface area contributed by atoms with Crippen LogP contribution in [0, 0.1) is 0 Å². The van der Waals surface area contributed by atoms with Gasteiger partial charge in [0.2, 0.25) is 0 Å². The largest absolute Gasteiger partial charge is 0.452 e. The number of aromatic nitrogens is 1. The normalized spacial score (nSPS) is 19.3. The molecule has 29 heavy (non-hydrogen) atoms. The highest BCUT2D eigenvalue weighted by atomic mass is 32.1. The molecule has 1 saturated heterocycles. The number of hydrogen-bond donors (Lipinski definition) is 0. The number of amides is 1. The maximum Gasteiger partial charge on any atom is 0.339 e. The fraction of sp³-hybridized carbons (Fsp3) is 0.318. The van der Waals surface area contributed by atoms with Gasteiger partial charge in [-0.3, -0.25) is 4.79 Å². The topological polar surface area (TPSA) is 68.7 Å². The zero-order valence-electron chi connectivity index (χ0n) is 16.3. The summed E-state index contributed by atoms with van der Waals surface area (Å²) in [6, 6.07) is 15.0. The molecule has 1 fully saturated rings. The third-order valence-corrected chi connectivity index (χ3v) is 5.84. The first kappa shape index (κ1) is 19.5. The highest BCUT2D eigenvalue weighted by Gasteiger charge is 2.27. The van der Waals surface area contributed by atoms with Crippen molar-refractivity contribution in [2.75, 3.05) is 19.7 Å². The minimum Gasteiger partial charge on any atom is -0.452 e. The van der Waals surface area contributed by atoms with Gasteiger partial charge in [-0.2, -0.15) is 0 Å². The van der Waals surface area contributed by atoms with Crippen molar-refractivity contribution in [3.8, 4) is 10.6 Å². The summed E-state index contributed by atoms with van der Waals surface area (Å²) in [5, 5.41) is 0.751. The van der Waals surface area contributed by atoms with E-state index in [-0.39, 0.29) is 24.7 Å². The third kappa shape index (κ3) is 4.31. The number of para-hydroxylation sites is 1. The summed E-state index contributed by atoms with van der Waals surface area (Å²) in [5.41, 5.74) is 2.00. The molecule has 6 nitrogen and oxygen atoms in total. The summed E-state index contributed by atoms with van der Waals surface area (Å²) in [7, 11) is 0. The molecule has 0 N–H and O–H groups in total. The summed E-state index contributed by atoms with van der Waals surface area (Å²) in [4.78, 5) is 31.5. The molecule has 150 valence electrons. The van der Waals surface area contributed by atoms with Crippen LogP contribution in [0.25, 0.3) is 20.8 Å². The lowest BCUT2D eigenvalue weighted by atomic mass is 10.1. The molecular weight excluding hydrogens is 388 g/mol. The van der Waals surface area contributed by atoms with Crippen molar-refractivity contribution in [2.24, 2.45) is 0 Å². The Labute approximate surface area is 173 Å². The van der Waals surface area contributed by atoms with Crippen LogP contribution in [-0.2, 0) is 14.3 Å². The van der Waals surface area contributed by atoms with Gasteiger partial charge in [0.15, 0.2) is 6.61 Å². The molecule has 2 aromatic carbocycles. The van der Waals surface area contributed by atoms with E-state index in [1.165, 1.54) is 11.3 Å². The number of carbonyl (C=O) groups is 2. The molecule has 0 unspecified atom stereocenters. The molecule has 7 heteroatoms. The first-order valence-electron chi connectivity index (χ1n) is 9.56. The molecule has 2 heterocycles. The molecule has 0 bridgehead atoms. The van der Waals surface area contributed by atoms with Gasteiger partial charge in [0, 0.05) is 18.7 Å². The Kier molecular flexibility index (Phi) is 5.60. The molecule has 0 saturated carbocycles. The molecule has 2 atom stereocenters.